The molecular weight excluding hydrogens is 258 g/mol. The van der Waals surface area contributed by atoms with Crippen LogP contribution in [-0.2, 0) is 11.2 Å². The highest BCUT2D eigenvalue weighted by atomic mass is 16.6. The van der Waals surface area contributed by atoms with E-state index in [-0.39, 0.29) is 17.6 Å². The second-order valence-electron chi connectivity index (χ2n) is 5.12. The first-order chi connectivity index (χ1) is 9.58. The van der Waals surface area contributed by atoms with Crippen LogP contribution in [0, 0.1) is 10.1 Å². The number of amides is 1. The van der Waals surface area contributed by atoms with Crippen molar-refractivity contribution in [2.75, 3.05) is 13.1 Å². The van der Waals surface area contributed by atoms with Crippen molar-refractivity contribution >= 4 is 11.6 Å². The second kappa shape index (κ2) is 6.47. The number of hydrogen-bond acceptors (Lipinski definition) is 4. The first-order valence-electron chi connectivity index (χ1n) is 6.84. The van der Waals surface area contributed by atoms with Gasteiger partial charge in [0.15, 0.2) is 0 Å². The molecular formula is C14H19N3O3. The van der Waals surface area contributed by atoms with Crippen molar-refractivity contribution in [3.63, 3.8) is 0 Å². The van der Waals surface area contributed by atoms with Crippen molar-refractivity contribution in [3.8, 4) is 0 Å². The molecule has 1 aliphatic heterocycles. The highest BCUT2D eigenvalue weighted by Gasteiger charge is 2.26. The summed E-state index contributed by atoms with van der Waals surface area (Å²) in [7, 11) is 0. The lowest BCUT2D eigenvalue weighted by atomic mass is 10.0. The number of non-ortho nitro benzene ring substituents is 1. The predicted molar refractivity (Wildman–Crippen MR) is 75.2 cm³/mol. The van der Waals surface area contributed by atoms with Crippen molar-refractivity contribution in [1.82, 2.24) is 4.90 Å². The van der Waals surface area contributed by atoms with Crippen LogP contribution < -0.4 is 5.73 Å². The smallest absolute Gasteiger partial charge is 0.269 e. The summed E-state index contributed by atoms with van der Waals surface area (Å²) in [6.45, 7) is 1.64. The third kappa shape index (κ3) is 3.54. The molecule has 1 aliphatic rings. The fourth-order valence-corrected chi connectivity index (χ4v) is 2.64. The third-order valence-corrected chi connectivity index (χ3v) is 3.78. The molecule has 1 saturated heterocycles. The van der Waals surface area contributed by atoms with E-state index in [1.807, 2.05) is 0 Å². The molecule has 6 nitrogen and oxygen atoms in total. The Bertz CT molecular complexity index is 487. The number of nitrogens with zero attached hydrogens (tertiary/aromatic N) is 2. The maximum absolute atomic E-state index is 11.4. The maximum atomic E-state index is 11.4. The molecule has 2 N–H and O–H groups in total. The minimum Gasteiger partial charge on any atom is -0.368 e. The Morgan fingerprint density at radius 3 is 2.65 bits per heavy atom. The van der Waals surface area contributed by atoms with E-state index >= 15 is 0 Å². The Morgan fingerprint density at radius 1 is 1.35 bits per heavy atom. The molecule has 1 heterocycles. The molecule has 2 rings (SSSR count). The van der Waals surface area contributed by atoms with E-state index in [4.69, 9.17) is 5.73 Å². The summed E-state index contributed by atoms with van der Waals surface area (Å²) in [6, 6.07) is 6.39. The van der Waals surface area contributed by atoms with E-state index < -0.39 is 4.92 Å². The standard InChI is InChI=1S/C14H19N3O3/c15-14(18)13-3-1-2-9-16(13)10-8-11-4-6-12(7-5-11)17(19)20/h4-7,13H,1-3,8-10H2,(H2,15,18). The monoisotopic (exact) mass is 277 g/mol. The van der Waals surface area contributed by atoms with Gasteiger partial charge in [0.25, 0.3) is 5.69 Å². The Labute approximate surface area is 117 Å². The molecule has 6 heteroatoms. The van der Waals surface area contributed by atoms with Gasteiger partial charge in [0.2, 0.25) is 5.91 Å². The van der Waals surface area contributed by atoms with Crippen molar-refractivity contribution in [2.45, 2.75) is 31.7 Å². The molecule has 0 bridgehead atoms. The van der Waals surface area contributed by atoms with Crippen LogP contribution in [0.25, 0.3) is 0 Å². The van der Waals surface area contributed by atoms with E-state index in [2.05, 4.69) is 4.90 Å². The van der Waals surface area contributed by atoms with Gasteiger partial charge < -0.3 is 5.73 Å². The highest BCUT2D eigenvalue weighted by molar-refractivity contribution is 5.79. The van der Waals surface area contributed by atoms with Crippen LogP contribution in [-0.4, -0.2) is 34.9 Å². The largest absolute Gasteiger partial charge is 0.368 e. The van der Waals surface area contributed by atoms with Crippen molar-refractivity contribution in [3.05, 3.63) is 39.9 Å². The molecule has 1 unspecified atom stereocenters. The third-order valence-electron chi connectivity index (χ3n) is 3.78. The number of carbonyl (C=O) groups is 1. The highest BCUT2D eigenvalue weighted by Crippen LogP contribution is 2.18. The molecule has 1 atom stereocenters. The number of nitro groups is 1. The minimum absolute atomic E-state index is 0.0988. The van der Waals surface area contributed by atoms with Crippen LogP contribution in [0.5, 0.6) is 0 Å². The molecule has 1 fully saturated rings. The van der Waals surface area contributed by atoms with Crippen LogP contribution in [0.1, 0.15) is 24.8 Å². The van der Waals surface area contributed by atoms with Gasteiger partial charge in [0.1, 0.15) is 0 Å². The Balaban J connectivity index is 1.93. The van der Waals surface area contributed by atoms with Gasteiger partial charge in [-0.2, -0.15) is 0 Å². The minimum atomic E-state index is -0.405. The number of benzene rings is 1. The first kappa shape index (κ1) is 14.5. The molecule has 0 saturated carbocycles. The summed E-state index contributed by atoms with van der Waals surface area (Å²) < 4.78 is 0. The number of hydrogen-bond donors (Lipinski definition) is 1. The number of carbonyl (C=O) groups excluding carboxylic acids is 1. The van der Waals surface area contributed by atoms with E-state index in [1.54, 1.807) is 12.1 Å². The average Bonchev–Trinajstić information content (AvgIpc) is 2.45. The fraction of sp³-hybridized carbons (Fsp3) is 0.500. The van der Waals surface area contributed by atoms with Gasteiger partial charge in [-0.15, -0.1) is 0 Å². The summed E-state index contributed by atoms with van der Waals surface area (Å²) in [5.41, 5.74) is 6.55. The predicted octanol–water partition coefficient (Wildman–Crippen LogP) is 1.48. The Morgan fingerprint density at radius 2 is 2.05 bits per heavy atom. The maximum Gasteiger partial charge on any atom is 0.269 e. The number of piperidine rings is 1. The number of likely N-dealkylation sites (tertiary alicyclic amines) is 1. The lowest BCUT2D eigenvalue weighted by Crippen LogP contribution is -2.48. The zero-order valence-electron chi connectivity index (χ0n) is 11.3. The number of nitro benzene ring substituents is 1. The van der Waals surface area contributed by atoms with E-state index in [1.165, 1.54) is 12.1 Å². The Kier molecular flexibility index (Phi) is 4.68. The van der Waals surface area contributed by atoms with Crippen molar-refractivity contribution < 1.29 is 9.72 Å². The van der Waals surface area contributed by atoms with Crippen molar-refractivity contribution in [2.24, 2.45) is 5.73 Å². The molecule has 0 spiro atoms. The molecule has 0 aromatic heterocycles. The van der Waals surface area contributed by atoms with Crippen molar-refractivity contribution in [1.29, 1.82) is 0 Å². The molecule has 1 aromatic carbocycles. The summed E-state index contributed by atoms with van der Waals surface area (Å²) in [6.07, 6.45) is 3.73. The normalized spacial score (nSPS) is 19.7. The number of nitrogens with two attached hydrogens (primary N) is 1. The molecule has 1 amide bonds. The van der Waals surface area contributed by atoms with Gasteiger partial charge in [-0.1, -0.05) is 18.6 Å². The summed E-state index contributed by atoms with van der Waals surface area (Å²) in [5, 5.41) is 10.6. The van der Waals surface area contributed by atoms with Gasteiger partial charge in [0, 0.05) is 18.7 Å². The van der Waals surface area contributed by atoms with Crippen LogP contribution in [0.15, 0.2) is 24.3 Å². The summed E-state index contributed by atoms with van der Waals surface area (Å²) in [5.74, 6) is -0.256. The van der Waals surface area contributed by atoms with E-state index in [0.29, 0.717) is 0 Å². The number of primary amides is 1. The lowest BCUT2D eigenvalue weighted by Gasteiger charge is -2.33. The zero-order valence-corrected chi connectivity index (χ0v) is 11.3. The van der Waals surface area contributed by atoms with Gasteiger partial charge in [-0.05, 0) is 31.4 Å². The van der Waals surface area contributed by atoms with Gasteiger partial charge >= 0.3 is 0 Å². The molecule has 1 aromatic rings. The summed E-state index contributed by atoms with van der Waals surface area (Å²) >= 11 is 0. The van der Waals surface area contributed by atoms with E-state index in [9.17, 15) is 14.9 Å². The zero-order chi connectivity index (χ0) is 14.5. The van der Waals surface area contributed by atoms with Gasteiger partial charge in [-0.3, -0.25) is 19.8 Å². The van der Waals surface area contributed by atoms with Crippen LogP contribution in [0.4, 0.5) is 5.69 Å². The lowest BCUT2D eigenvalue weighted by molar-refractivity contribution is -0.384. The molecule has 0 aliphatic carbocycles. The van der Waals surface area contributed by atoms with Crippen LogP contribution >= 0.6 is 0 Å². The quantitative estimate of drug-likeness (QED) is 0.652. The molecule has 0 radical (unpaired) electrons. The summed E-state index contributed by atoms with van der Waals surface area (Å²) in [4.78, 5) is 23.7. The van der Waals surface area contributed by atoms with Gasteiger partial charge in [-0.25, -0.2) is 0 Å². The van der Waals surface area contributed by atoms with Crippen LogP contribution in [0.2, 0.25) is 0 Å². The SMILES string of the molecule is NC(=O)C1CCCCN1CCc1ccc([N+](=O)[O-])cc1. The number of rotatable bonds is 5. The Hall–Kier alpha value is -1.95. The van der Waals surface area contributed by atoms with Crippen LogP contribution in [0.3, 0.4) is 0 Å². The molecule has 20 heavy (non-hydrogen) atoms. The van der Waals surface area contributed by atoms with Gasteiger partial charge in [0.05, 0.1) is 11.0 Å². The second-order valence-corrected chi connectivity index (χ2v) is 5.12. The average molecular weight is 277 g/mol. The first-order valence-corrected chi connectivity index (χ1v) is 6.84. The topological polar surface area (TPSA) is 89.5 Å². The van der Waals surface area contributed by atoms with E-state index in [0.717, 1.165) is 44.3 Å². The molecule has 108 valence electrons. The fourth-order valence-electron chi connectivity index (χ4n) is 2.64.